The summed E-state index contributed by atoms with van der Waals surface area (Å²) in [6, 6.07) is 6.04. The van der Waals surface area contributed by atoms with Gasteiger partial charge in [-0.05, 0) is 50.8 Å². The average molecular weight is 479 g/mol. The molecule has 0 saturated heterocycles. The van der Waals surface area contributed by atoms with Crippen molar-refractivity contribution >= 4 is 23.7 Å². The third-order valence-corrected chi connectivity index (χ3v) is 5.23. The van der Waals surface area contributed by atoms with Crippen molar-refractivity contribution in [2.75, 3.05) is 19.6 Å². The molecule has 0 aliphatic heterocycles. The summed E-state index contributed by atoms with van der Waals surface area (Å²) in [5.41, 5.74) is 17.5. The third-order valence-electron chi connectivity index (χ3n) is 5.23. The lowest BCUT2D eigenvalue weighted by Gasteiger charge is -2.22. The van der Waals surface area contributed by atoms with Gasteiger partial charge in [0, 0.05) is 6.42 Å². The molecule has 0 spiro atoms. The summed E-state index contributed by atoms with van der Waals surface area (Å²) >= 11 is 0. The lowest BCUT2D eigenvalue weighted by atomic mass is 10.0. The van der Waals surface area contributed by atoms with E-state index in [0.29, 0.717) is 38.8 Å². The van der Waals surface area contributed by atoms with Crippen LogP contribution in [0.1, 0.15) is 44.1 Å². The van der Waals surface area contributed by atoms with E-state index in [-0.39, 0.29) is 19.4 Å². The number of hydrogen-bond donors (Lipinski definition) is 7. The van der Waals surface area contributed by atoms with Crippen LogP contribution >= 0.6 is 0 Å². The number of nitrogens with one attached hydrogen (secondary N) is 3. The van der Waals surface area contributed by atoms with Crippen LogP contribution in [0.3, 0.4) is 0 Å². The highest BCUT2D eigenvalue weighted by atomic mass is 16.4. The number of unbranched alkanes of at least 4 members (excludes halogenated alkanes) is 2. The minimum atomic E-state index is -1.18. The highest BCUT2D eigenvalue weighted by Crippen LogP contribution is 2.06. The molecule has 1 aromatic carbocycles. The number of carboxylic acid groups (broad SMARTS) is 1. The first kappa shape index (κ1) is 29.0. The quantitative estimate of drug-likeness (QED) is 0.138. The molecular weight excluding hydrogens is 440 g/mol. The van der Waals surface area contributed by atoms with Crippen LogP contribution in [0.15, 0.2) is 30.3 Å². The molecule has 3 atom stereocenters. The number of hydrogen-bond acceptors (Lipinski definition) is 7. The van der Waals surface area contributed by atoms with Gasteiger partial charge in [-0.1, -0.05) is 36.8 Å². The van der Waals surface area contributed by atoms with Crippen molar-refractivity contribution in [3.8, 4) is 0 Å². The van der Waals surface area contributed by atoms with Crippen LogP contribution < -0.4 is 33.2 Å². The maximum Gasteiger partial charge on any atom is 0.326 e. The van der Waals surface area contributed by atoms with Gasteiger partial charge in [0.25, 0.3) is 0 Å². The van der Waals surface area contributed by atoms with E-state index >= 15 is 0 Å². The molecule has 0 aliphatic rings. The van der Waals surface area contributed by atoms with Crippen molar-refractivity contribution in [2.45, 2.75) is 63.1 Å². The third kappa shape index (κ3) is 11.7. The summed E-state index contributed by atoms with van der Waals surface area (Å²) in [6.07, 6.45) is 3.48. The van der Waals surface area contributed by atoms with Crippen molar-refractivity contribution < 1.29 is 24.3 Å². The Morgan fingerprint density at radius 1 is 0.824 bits per heavy atom. The molecule has 0 bridgehead atoms. The van der Waals surface area contributed by atoms with E-state index in [2.05, 4.69) is 16.0 Å². The Kier molecular flexibility index (Phi) is 14.1. The monoisotopic (exact) mass is 478 g/mol. The Morgan fingerprint density at radius 2 is 1.44 bits per heavy atom. The van der Waals surface area contributed by atoms with Crippen LogP contribution in [-0.4, -0.2) is 66.6 Å². The number of carbonyl (C=O) groups excluding carboxylic acids is 3. The molecule has 0 aromatic heterocycles. The maximum atomic E-state index is 12.8. The topological polar surface area (TPSA) is 203 Å². The van der Waals surface area contributed by atoms with E-state index in [9.17, 15) is 24.3 Å². The minimum absolute atomic E-state index is 0.101. The Bertz CT molecular complexity index is 776. The van der Waals surface area contributed by atoms with Gasteiger partial charge >= 0.3 is 5.97 Å². The maximum absolute atomic E-state index is 12.8. The largest absolute Gasteiger partial charge is 0.480 e. The van der Waals surface area contributed by atoms with Gasteiger partial charge in [-0.15, -0.1) is 0 Å². The molecule has 0 saturated carbocycles. The van der Waals surface area contributed by atoms with Crippen LogP contribution in [0.25, 0.3) is 0 Å². The summed E-state index contributed by atoms with van der Waals surface area (Å²) in [5, 5.41) is 17.1. The number of carboxylic acids is 1. The van der Waals surface area contributed by atoms with Crippen LogP contribution in [0, 0.1) is 0 Å². The molecule has 1 rings (SSSR count). The minimum Gasteiger partial charge on any atom is -0.480 e. The lowest BCUT2D eigenvalue weighted by molar-refractivity contribution is -0.142. The summed E-state index contributed by atoms with van der Waals surface area (Å²) in [7, 11) is 0. The average Bonchev–Trinajstić information content (AvgIpc) is 2.82. The van der Waals surface area contributed by atoms with E-state index in [1.54, 1.807) is 24.3 Å². The second-order valence-electron chi connectivity index (χ2n) is 8.10. The fourth-order valence-electron chi connectivity index (χ4n) is 3.27. The first-order chi connectivity index (χ1) is 16.3. The highest BCUT2D eigenvalue weighted by molar-refractivity contribution is 5.92. The number of benzene rings is 1. The van der Waals surface area contributed by atoms with E-state index in [4.69, 9.17) is 17.2 Å². The van der Waals surface area contributed by atoms with Crippen molar-refractivity contribution in [2.24, 2.45) is 17.2 Å². The van der Waals surface area contributed by atoms with E-state index < -0.39 is 41.8 Å². The van der Waals surface area contributed by atoms with Gasteiger partial charge in [-0.3, -0.25) is 14.4 Å². The van der Waals surface area contributed by atoms with Crippen molar-refractivity contribution in [3.63, 3.8) is 0 Å². The molecule has 190 valence electrons. The van der Waals surface area contributed by atoms with Crippen molar-refractivity contribution in [1.82, 2.24) is 16.0 Å². The highest BCUT2D eigenvalue weighted by Gasteiger charge is 2.26. The Balaban J connectivity index is 2.68. The second kappa shape index (κ2) is 16.6. The van der Waals surface area contributed by atoms with Gasteiger partial charge in [0.2, 0.25) is 17.7 Å². The normalized spacial score (nSPS) is 13.4. The Morgan fingerprint density at radius 3 is 2.03 bits per heavy atom. The molecular formula is C23H38N6O5. The van der Waals surface area contributed by atoms with E-state index in [1.165, 1.54) is 0 Å². The summed E-state index contributed by atoms with van der Waals surface area (Å²) < 4.78 is 0. The van der Waals surface area contributed by atoms with Crippen LogP contribution in [0.4, 0.5) is 0 Å². The predicted octanol–water partition coefficient (Wildman–Crippen LogP) is -1.02. The molecule has 3 amide bonds. The molecule has 0 heterocycles. The van der Waals surface area contributed by atoms with Crippen LogP contribution in [0.2, 0.25) is 0 Å². The summed E-state index contributed by atoms with van der Waals surface area (Å²) in [6.45, 7) is 0.584. The zero-order valence-corrected chi connectivity index (χ0v) is 19.5. The lowest BCUT2D eigenvalue weighted by Crippen LogP contribution is -2.54. The molecule has 11 heteroatoms. The first-order valence-corrected chi connectivity index (χ1v) is 11.6. The molecule has 11 nitrogen and oxygen atoms in total. The van der Waals surface area contributed by atoms with E-state index in [0.717, 1.165) is 12.0 Å². The van der Waals surface area contributed by atoms with Gasteiger partial charge < -0.3 is 38.3 Å². The Labute approximate surface area is 200 Å². The van der Waals surface area contributed by atoms with Gasteiger partial charge in [-0.2, -0.15) is 0 Å². The molecule has 0 fully saturated rings. The zero-order chi connectivity index (χ0) is 25.3. The fourth-order valence-corrected chi connectivity index (χ4v) is 3.27. The number of carbonyl (C=O) groups is 4. The SMILES string of the molecule is NCCCCC(N)C(=O)NCC(=O)NC(CCCCN)C(=O)NC(Cc1ccccc1)C(=O)O. The zero-order valence-electron chi connectivity index (χ0n) is 19.5. The Hall–Kier alpha value is -3.02. The first-order valence-electron chi connectivity index (χ1n) is 11.6. The number of aliphatic carboxylic acids is 1. The molecule has 0 radical (unpaired) electrons. The van der Waals surface area contributed by atoms with Gasteiger partial charge in [0.15, 0.2) is 0 Å². The molecule has 3 unspecified atom stereocenters. The summed E-state index contributed by atoms with van der Waals surface area (Å²) in [4.78, 5) is 49.0. The summed E-state index contributed by atoms with van der Waals surface area (Å²) in [5.74, 6) is -2.84. The number of nitrogens with two attached hydrogens (primary N) is 3. The predicted molar refractivity (Wildman–Crippen MR) is 128 cm³/mol. The smallest absolute Gasteiger partial charge is 0.326 e. The van der Waals surface area contributed by atoms with Crippen LogP contribution in [-0.2, 0) is 25.6 Å². The van der Waals surface area contributed by atoms with E-state index in [1.807, 2.05) is 6.07 Å². The molecule has 1 aromatic rings. The van der Waals surface area contributed by atoms with Crippen LogP contribution in [0.5, 0.6) is 0 Å². The van der Waals surface area contributed by atoms with Gasteiger partial charge in [-0.25, -0.2) is 4.79 Å². The molecule has 0 aliphatic carbocycles. The number of amides is 3. The van der Waals surface area contributed by atoms with Gasteiger partial charge in [0.1, 0.15) is 12.1 Å². The van der Waals surface area contributed by atoms with Crippen molar-refractivity contribution in [3.05, 3.63) is 35.9 Å². The standard InChI is InChI=1S/C23H38N6O5/c24-12-6-4-10-17(26)21(31)27-15-20(30)28-18(11-5-7-13-25)22(32)29-19(23(33)34)14-16-8-2-1-3-9-16/h1-3,8-9,17-19H,4-7,10-15,24-26H2,(H,27,31)(H,28,30)(H,29,32)(H,33,34). The van der Waals surface area contributed by atoms with Gasteiger partial charge in [0.05, 0.1) is 12.6 Å². The molecule has 34 heavy (non-hydrogen) atoms. The fraction of sp³-hybridized carbons (Fsp3) is 0.565. The van der Waals surface area contributed by atoms with Crippen molar-refractivity contribution in [1.29, 1.82) is 0 Å². The molecule has 10 N–H and O–H groups in total. The second-order valence-corrected chi connectivity index (χ2v) is 8.10. The number of rotatable bonds is 17.